The van der Waals surface area contributed by atoms with E-state index in [1.165, 1.54) is 31.4 Å². The van der Waals surface area contributed by atoms with Gasteiger partial charge in [-0.3, -0.25) is 4.72 Å². The smallest absolute Gasteiger partial charge is 0.354 e. The molecule has 10 heteroatoms. The third kappa shape index (κ3) is 6.24. The number of benzene rings is 2. The highest BCUT2D eigenvalue weighted by molar-refractivity contribution is 7.92. The molecular weight excluding hydrogens is 412 g/mol. The molecule has 0 saturated heterocycles. The molecule has 2 aromatic carbocycles. The van der Waals surface area contributed by atoms with Gasteiger partial charge in [-0.25, -0.2) is 18.0 Å². The molecule has 0 radical (unpaired) electrons. The second-order valence-corrected chi connectivity index (χ2v) is 7.47. The van der Waals surface area contributed by atoms with Gasteiger partial charge in [0, 0.05) is 11.4 Å². The lowest BCUT2D eigenvalue weighted by Gasteiger charge is -2.11. The lowest BCUT2D eigenvalue weighted by atomic mass is 10.3. The lowest BCUT2D eigenvalue weighted by Crippen LogP contribution is -2.16. The van der Waals surface area contributed by atoms with Crippen molar-refractivity contribution >= 4 is 33.3 Å². The Hall–Kier alpha value is -3.53. The van der Waals surface area contributed by atoms with Gasteiger partial charge in [-0.05, 0) is 55.5 Å². The van der Waals surface area contributed by atoms with E-state index in [0.29, 0.717) is 23.7 Å². The van der Waals surface area contributed by atoms with Crippen molar-refractivity contribution in [1.82, 2.24) is 0 Å². The fourth-order valence-corrected chi connectivity index (χ4v) is 3.36. The normalized spacial score (nSPS) is 11.4. The molecule has 2 aromatic rings. The molecule has 0 spiro atoms. The van der Waals surface area contributed by atoms with Gasteiger partial charge in [-0.15, -0.1) is 0 Å². The van der Waals surface area contributed by atoms with Crippen LogP contribution in [0.5, 0.6) is 5.75 Å². The molecule has 0 bridgehead atoms. The number of sulfonamides is 1. The van der Waals surface area contributed by atoms with E-state index in [4.69, 9.17) is 4.74 Å². The van der Waals surface area contributed by atoms with Crippen LogP contribution in [0.2, 0.25) is 0 Å². The van der Waals surface area contributed by atoms with E-state index in [0.717, 1.165) is 13.2 Å². The summed E-state index contributed by atoms with van der Waals surface area (Å²) in [6.45, 7) is 2.37. The summed E-state index contributed by atoms with van der Waals surface area (Å²) in [7, 11) is -1.49. The molecule has 0 amide bonds. The fourth-order valence-electron chi connectivity index (χ4n) is 2.31. The molecule has 2 rings (SSSR count). The highest BCUT2D eigenvalue weighted by Crippen LogP contribution is 2.21. The summed E-state index contributed by atoms with van der Waals surface area (Å²) in [5, 5.41) is 2.70. The van der Waals surface area contributed by atoms with Crippen LogP contribution in [0.3, 0.4) is 0 Å². The zero-order valence-corrected chi connectivity index (χ0v) is 17.5. The Morgan fingerprint density at radius 2 is 1.53 bits per heavy atom. The summed E-state index contributed by atoms with van der Waals surface area (Å²) in [5.41, 5.74) is 0.595. The zero-order chi connectivity index (χ0) is 22.1. The Bertz CT molecular complexity index is 1010. The van der Waals surface area contributed by atoms with Crippen LogP contribution in [0.1, 0.15) is 6.92 Å². The molecule has 0 fully saturated rings. The van der Waals surface area contributed by atoms with Crippen LogP contribution in [-0.2, 0) is 29.1 Å². The molecule has 0 aliphatic carbocycles. The molecule has 0 aliphatic heterocycles. The maximum atomic E-state index is 12.6. The number of ether oxygens (including phenoxy) is 3. The molecule has 0 saturated carbocycles. The quantitative estimate of drug-likeness (QED) is 0.456. The van der Waals surface area contributed by atoms with E-state index in [9.17, 15) is 18.0 Å². The Morgan fingerprint density at radius 1 is 0.933 bits per heavy atom. The first-order valence-corrected chi connectivity index (χ1v) is 10.3. The minimum Gasteiger partial charge on any atom is -0.494 e. The number of rotatable bonds is 9. The summed E-state index contributed by atoms with van der Waals surface area (Å²) < 4.78 is 42.1. The number of esters is 2. The maximum absolute atomic E-state index is 12.6. The summed E-state index contributed by atoms with van der Waals surface area (Å²) in [5.74, 6) is -0.895. The number of anilines is 2. The summed E-state index contributed by atoms with van der Waals surface area (Å²) >= 11 is 0. The number of nitrogens with one attached hydrogen (secondary N) is 2. The van der Waals surface area contributed by atoms with E-state index in [-0.39, 0.29) is 10.6 Å². The van der Waals surface area contributed by atoms with Gasteiger partial charge in [0.1, 0.15) is 11.4 Å². The first kappa shape index (κ1) is 22.8. The number of carbonyl (C=O) groups excluding carboxylic acids is 2. The number of hydrogen-bond acceptors (Lipinski definition) is 8. The Labute approximate surface area is 174 Å². The maximum Gasteiger partial charge on any atom is 0.354 e. The SMILES string of the molecule is CCOc1ccc(NS(=O)(=O)c2ccc(N/C(=C/C(=O)OC)C(=O)OC)cc2)cc1. The minimum atomic E-state index is -3.83. The first-order chi connectivity index (χ1) is 14.3. The minimum absolute atomic E-state index is 0.0125. The Kier molecular flexibility index (Phi) is 7.82. The van der Waals surface area contributed by atoms with E-state index >= 15 is 0 Å². The average molecular weight is 434 g/mol. The van der Waals surface area contributed by atoms with Crippen LogP contribution in [-0.4, -0.2) is 41.2 Å². The van der Waals surface area contributed by atoms with Gasteiger partial charge in [0.15, 0.2) is 0 Å². The van der Waals surface area contributed by atoms with Crippen molar-refractivity contribution in [1.29, 1.82) is 0 Å². The van der Waals surface area contributed by atoms with E-state index < -0.39 is 22.0 Å². The van der Waals surface area contributed by atoms with E-state index in [1.807, 2.05) is 6.92 Å². The van der Waals surface area contributed by atoms with Gasteiger partial charge >= 0.3 is 11.9 Å². The largest absolute Gasteiger partial charge is 0.494 e. The molecule has 0 aromatic heterocycles. The third-order valence-electron chi connectivity index (χ3n) is 3.73. The van der Waals surface area contributed by atoms with Gasteiger partial charge in [0.05, 0.1) is 31.8 Å². The monoisotopic (exact) mass is 434 g/mol. The van der Waals surface area contributed by atoms with Crippen molar-refractivity contribution in [2.75, 3.05) is 30.9 Å². The molecule has 0 atom stereocenters. The highest BCUT2D eigenvalue weighted by Gasteiger charge is 2.16. The topological polar surface area (TPSA) is 120 Å². The second kappa shape index (κ2) is 10.3. The predicted molar refractivity (Wildman–Crippen MR) is 111 cm³/mol. The molecule has 9 nitrogen and oxygen atoms in total. The average Bonchev–Trinajstić information content (AvgIpc) is 2.74. The standard InChI is InChI=1S/C20H22N2O7S/c1-4-29-16-9-5-15(6-10-16)22-30(25,26)17-11-7-14(8-12-17)21-18(20(24)28-3)13-19(23)27-2/h5-13,21-22H,4H2,1-3H3/b18-13+. The van der Waals surface area contributed by atoms with Crippen molar-refractivity contribution in [3.63, 3.8) is 0 Å². The fraction of sp³-hybridized carbons (Fsp3) is 0.200. The van der Waals surface area contributed by atoms with Crippen LogP contribution in [0.25, 0.3) is 0 Å². The highest BCUT2D eigenvalue weighted by atomic mass is 32.2. The summed E-state index contributed by atoms with van der Waals surface area (Å²) in [6, 6.07) is 12.1. The zero-order valence-electron chi connectivity index (χ0n) is 16.7. The number of hydrogen-bond donors (Lipinski definition) is 2. The van der Waals surface area contributed by atoms with E-state index in [1.54, 1.807) is 24.3 Å². The van der Waals surface area contributed by atoms with Gasteiger partial charge in [0.25, 0.3) is 10.0 Å². The third-order valence-corrected chi connectivity index (χ3v) is 5.13. The van der Waals surface area contributed by atoms with Crippen LogP contribution in [0.15, 0.2) is 65.2 Å². The lowest BCUT2D eigenvalue weighted by molar-refractivity contribution is -0.138. The summed E-state index contributed by atoms with van der Waals surface area (Å²) in [4.78, 5) is 23.2. The van der Waals surface area contributed by atoms with Crippen molar-refractivity contribution < 1.29 is 32.2 Å². The van der Waals surface area contributed by atoms with Crippen LogP contribution in [0, 0.1) is 0 Å². The Balaban J connectivity index is 2.15. The molecular formula is C20H22N2O7S. The predicted octanol–water partition coefficient (Wildman–Crippen LogP) is 2.53. The molecule has 160 valence electrons. The molecule has 0 heterocycles. The molecule has 0 aliphatic rings. The van der Waals surface area contributed by atoms with Crippen LogP contribution in [0.4, 0.5) is 11.4 Å². The van der Waals surface area contributed by atoms with Crippen molar-refractivity contribution in [3.05, 3.63) is 60.3 Å². The molecule has 30 heavy (non-hydrogen) atoms. The van der Waals surface area contributed by atoms with Gasteiger partial charge < -0.3 is 19.5 Å². The van der Waals surface area contributed by atoms with Gasteiger partial charge in [-0.2, -0.15) is 0 Å². The number of methoxy groups -OCH3 is 2. The van der Waals surface area contributed by atoms with Gasteiger partial charge in [-0.1, -0.05) is 0 Å². The molecule has 2 N–H and O–H groups in total. The van der Waals surface area contributed by atoms with Gasteiger partial charge in [0.2, 0.25) is 0 Å². The Morgan fingerprint density at radius 3 is 2.07 bits per heavy atom. The van der Waals surface area contributed by atoms with Crippen molar-refractivity contribution in [2.45, 2.75) is 11.8 Å². The molecule has 0 unspecified atom stereocenters. The van der Waals surface area contributed by atoms with Crippen molar-refractivity contribution in [2.24, 2.45) is 0 Å². The summed E-state index contributed by atoms with van der Waals surface area (Å²) in [6.07, 6.45) is 0.934. The van der Waals surface area contributed by atoms with E-state index in [2.05, 4.69) is 19.5 Å². The second-order valence-electron chi connectivity index (χ2n) is 5.79. The van der Waals surface area contributed by atoms with Crippen LogP contribution >= 0.6 is 0 Å². The first-order valence-electron chi connectivity index (χ1n) is 8.79. The number of carbonyl (C=O) groups is 2. The van der Waals surface area contributed by atoms with Crippen LogP contribution < -0.4 is 14.8 Å². The van der Waals surface area contributed by atoms with Crippen molar-refractivity contribution in [3.8, 4) is 5.75 Å².